The van der Waals surface area contributed by atoms with Crippen molar-refractivity contribution in [2.45, 2.75) is 22.9 Å². The lowest BCUT2D eigenvalue weighted by molar-refractivity contribution is -0.903. The summed E-state index contributed by atoms with van der Waals surface area (Å²) in [6, 6.07) is 9.22. The minimum absolute atomic E-state index is 0.0622. The maximum absolute atomic E-state index is 13.5. The van der Waals surface area contributed by atoms with Crippen molar-refractivity contribution in [3.05, 3.63) is 41.5 Å². The van der Waals surface area contributed by atoms with Crippen LogP contribution in [0.5, 0.6) is 5.75 Å². The first-order valence-electron chi connectivity index (χ1n) is 10.4. The van der Waals surface area contributed by atoms with Crippen molar-refractivity contribution < 1.29 is 32.3 Å². The van der Waals surface area contributed by atoms with E-state index in [1.165, 1.54) is 0 Å². The van der Waals surface area contributed by atoms with Gasteiger partial charge in [-0.1, -0.05) is 12.1 Å². The summed E-state index contributed by atoms with van der Waals surface area (Å²) in [7, 11) is 5.90. The number of fused-ring (bicyclic) bond motifs is 3. The molecule has 3 rings (SSSR count). The number of sulfone groups is 1. The van der Waals surface area contributed by atoms with E-state index in [9.17, 15) is 18.6 Å². The number of hydrogen-bond donors (Lipinski definition) is 2. The molecule has 0 bridgehead atoms. The van der Waals surface area contributed by atoms with E-state index in [0.29, 0.717) is 56.9 Å². The molecule has 0 saturated carbocycles. The maximum Gasteiger partial charge on any atom is 0.207 e. The summed E-state index contributed by atoms with van der Waals surface area (Å²) >= 11 is 0. The van der Waals surface area contributed by atoms with Crippen LogP contribution in [-0.2, 0) is 22.9 Å². The molecule has 2 aromatic carbocycles. The van der Waals surface area contributed by atoms with Crippen molar-refractivity contribution in [3.63, 3.8) is 0 Å². The highest BCUT2D eigenvalue weighted by Gasteiger charge is 2.37. The average Bonchev–Trinajstić information content (AvgIpc) is 2.87. The Balaban J connectivity index is 2.07. The molecule has 0 atom stereocenters. The van der Waals surface area contributed by atoms with Crippen LogP contribution < -0.4 is 4.74 Å². The van der Waals surface area contributed by atoms with Gasteiger partial charge in [-0.2, -0.15) is 0 Å². The lowest BCUT2D eigenvalue weighted by Gasteiger charge is -2.29. The van der Waals surface area contributed by atoms with Crippen LogP contribution in [0.3, 0.4) is 0 Å². The monoisotopic (exact) mass is 450 g/mol. The van der Waals surface area contributed by atoms with Gasteiger partial charge in [-0.15, -0.1) is 0 Å². The van der Waals surface area contributed by atoms with Gasteiger partial charge in [-0.3, -0.25) is 0 Å². The molecule has 0 unspecified atom stereocenters. The first-order chi connectivity index (χ1) is 14.4. The summed E-state index contributed by atoms with van der Waals surface area (Å²) in [6.07, 6.45) is 0. The summed E-state index contributed by atoms with van der Waals surface area (Å²) in [6.45, 7) is 2.49. The van der Waals surface area contributed by atoms with Crippen molar-refractivity contribution in [2.24, 2.45) is 0 Å². The molecule has 1 aliphatic rings. The van der Waals surface area contributed by atoms with Gasteiger partial charge in [0, 0.05) is 22.3 Å². The van der Waals surface area contributed by atoms with Gasteiger partial charge in [0.15, 0.2) is 0 Å². The van der Waals surface area contributed by atoms with E-state index in [1.54, 1.807) is 19.2 Å². The number of methoxy groups -OCH3 is 1. The number of aliphatic hydroxyl groups is 2. The molecule has 170 valence electrons. The quantitative estimate of drug-likeness (QED) is 0.485. The summed E-state index contributed by atoms with van der Waals surface area (Å²) in [5, 5.41) is 18.6. The van der Waals surface area contributed by atoms with Gasteiger partial charge in [0.1, 0.15) is 31.9 Å². The lowest BCUT2D eigenvalue weighted by atomic mass is 10.0. The van der Waals surface area contributed by atoms with Gasteiger partial charge in [-0.25, -0.2) is 8.42 Å². The third-order valence-corrected chi connectivity index (χ3v) is 7.69. The minimum Gasteiger partial charge on any atom is -0.496 e. The van der Waals surface area contributed by atoms with Crippen molar-refractivity contribution in [1.82, 2.24) is 0 Å². The molecule has 8 heteroatoms. The number of rotatable bonds is 9. The molecule has 0 amide bonds. The van der Waals surface area contributed by atoms with Gasteiger partial charge >= 0.3 is 0 Å². The summed E-state index contributed by atoms with van der Waals surface area (Å²) in [4.78, 5) is 0.589. The molecular weight excluding hydrogens is 416 g/mol. The second-order valence-electron chi connectivity index (χ2n) is 9.59. The molecule has 0 fully saturated rings. The van der Waals surface area contributed by atoms with Crippen LogP contribution in [0.4, 0.5) is 0 Å². The molecule has 1 aliphatic heterocycles. The summed E-state index contributed by atoms with van der Waals surface area (Å²) < 4.78 is 33.7. The Hall–Kier alpha value is -1.97. The van der Waals surface area contributed by atoms with Crippen LogP contribution in [-0.4, -0.2) is 89.2 Å². The van der Waals surface area contributed by atoms with Crippen molar-refractivity contribution in [2.75, 3.05) is 61.6 Å². The van der Waals surface area contributed by atoms with E-state index >= 15 is 0 Å². The molecule has 2 N–H and O–H groups in total. The Kier molecular flexibility index (Phi) is 6.51. The topological polar surface area (TPSA) is 83.8 Å². The molecule has 7 nitrogen and oxygen atoms in total. The SMILES string of the molecule is COc1cc(C[N+](C)(C)CCO)cc2c1-c1ccc(C[N+](C)(C)CCO)cc1S2(=O)=O. The lowest BCUT2D eigenvalue weighted by Crippen LogP contribution is -2.41. The molecule has 0 spiro atoms. The van der Waals surface area contributed by atoms with E-state index in [1.807, 2.05) is 46.4 Å². The zero-order chi connectivity index (χ0) is 23.0. The molecule has 0 radical (unpaired) electrons. The maximum atomic E-state index is 13.5. The van der Waals surface area contributed by atoms with Crippen LogP contribution in [0.15, 0.2) is 40.1 Å². The summed E-state index contributed by atoms with van der Waals surface area (Å²) in [5.74, 6) is 0.544. The van der Waals surface area contributed by atoms with E-state index in [4.69, 9.17) is 4.74 Å². The standard InChI is InChI=1S/C23H34N2O5S/c1-24(2,8-10-26)15-17-6-7-19-21(13-17)31(28,29)22-14-18(12-20(30-5)23(19)22)16-25(3,4)9-11-27/h6-7,12-14,26-27H,8-11,15-16H2,1-5H3/q+2. The van der Waals surface area contributed by atoms with Gasteiger partial charge in [0.25, 0.3) is 0 Å². The molecule has 31 heavy (non-hydrogen) atoms. The predicted octanol–water partition coefficient (Wildman–Crippen LogP) is 1.65. The number of benzene rings is 2. The van der Waals surface area contributed by atoms with Gasteiger partial charge < -0.3 is 23.9 Å². The molecule has 0 aliphatic carbocycles. The Morgan fingerprint density at radius 2 is 1.39 bits per heavy atom. The highest BCUT2D eigenvalue weighted by Crippen LogP contribution is 2.49. The van der Waals surface area contributed by atoms with Crippen molar-refractivity contribution in [3.8, 4) is 16.9 Å². The fourth-order valence-corrected chi connectivity index (χ4v) is 6.06. The Morgan fingerprint density at radius 1 is 0.839 bits per heavy atom. The van der Waals surface area contributed by atoms with Crippen molar-refractivity contribution in [1.29, 1.82) is 0 Å². The summed E-state index contributed by atoms with van der Waals surface area (Å²) in [5.41, 5.74) is 3.04. The van der Waals surface area contributed by atoms with Crippen LogP contribution in [0.1, 0.15) is 11.1 Å². The van der Waals surface area contributed by atoms with E-state index in [-0.39, 0.29) is 18.1 Å². The Morgan fingerprint density at radius 3 is 1.94 bits per heavy atom. The van der Waals surface area contributed by atoms with Gasteiger partial charge in [-0.05, 0) is 18.2 Å². The number of aliphatic hydroxyl groups excluding tert-OH is 2. The number of likely N-dealkylation sites (N-methyl/N-ethyl adjacent to an activating group) is 2. The Bertz CT molecular complexity index is 1080. The van der Waals surface area contributed by atoms with E-state index < -0.39 is 9.84 Å². The normalized spacial score (nSPS) is 14.9. The molecule has 0 aromatic heterocycles. The molecule has 0 saturated heterocycles. The highest BCUT2D eigenvalue weighted by atomic mass is 32.2. The fraction of sp³-hybridized carbons (Fsp3) is 0.478. The van der Waals surface area contributed by atoms with Crippen molar-refractivity contribution >= 4 is 9.84 Å². The average molecular weight is 451 g/mol. The number of nitrogens with zero attached hydrogens (tertiary/aromatic N) is 2. The zero-order valence-corrected chi connectivity index (χ0v) is 19.9. The van der Waals surface area contributed by atoms with E-state index in [2.05, 4.69) is 0 Å². The minimum atomic E-state index is -3.67. The fourth-order valence-electron chi connectivity index (χ4n) is 4.27. The Labute approximate surface area is 185 Å². The van der Waals surface area contributed by atoms with Crippen LogP contribution >= 0.6 is 0 Å². The second kappa shape index (κ2) is 8.52. The van der Waals surface area contributed by atoms with Crippen LogP contribution in [0.25, 0.3) is 11.1 Å². The van der Waals surface area contributed by atoms with Gasteiger partial charge in [0.2, 0.25) is 9.84 Å². The van der Waals surface area contributed by atoms with Crippen LogP contribution in [0, 0.1) is 0 Å². The molecule has 1 heterocycles. The van der Waals surface area contributed by atoms with Crippen LogP contribution in [0.2, 0.25) is 0 Å². The van der Waals surface area contributed by atoms with E-state index in [0.717, 1.165) is 11.1 Å². The third-order valence-electron chi connectivity index (χ3n) is 5.87. The third kappa shape index (κ3) is 4.78. The second-order valence-corrected chi connectivity index (χ2v) is 11.5. The van der Waals surface area contributed by atoms with Gasteiger partial charge in [0.05, 0.1) is 58.3 Å². The number of hydrogen-bond acceptors (Lipinski definition) is 5. The molecular formula is C23H34N2O5S+2. The first-order valence-corrected chi connectivity index (χ1v) is 11.9. The largest absolute Gasteiger partial charge is 0.496 e. The smallest absolute Gasteiger partial charge is 0.207 e. The number of quaternary nitrogens is 2. The zero-order valence-electron chi connectivity index (χ0n) is 19.1. The first kappa shape index (κ1) is 23.7. The number of ether oxygens (including phenoxy) is 1. The molecule has 2 aromatic rings. The highest BCUT2D eigenvalue weighted by molar-refractivity contribution is 7.92. The predicted molar refractivity (Wildman–Crippen MR) is 119 cm³/mol.